The lowest BCUT2D eigenvalue weighted by molar-refractivity contribution is -0.147. The van der Waals surface area contributed by atoms with E-state index in [1.54, 1.807) is 56.3 Å². The van der Waals surface area contributed by atoms with Crippen LogP contribution < -0.4 is 10.6 Å². The summed E-state index contributed by atoms with van der Waals surface area (Å²) < 4.78 is 9.84. The molecule has 2 aromatic carbocycles. The first-order valence-corrected chi connectivity index (χ1v) is 10.5. The van der Waals surface area contributed by atoms with Crippen LogP contribution >= 0.6 is 11.6 Å². The summed E-state index contributed by atoms with van der Waals surface area (Å²) in [5, 5.41) is 5.84. The van der Waals surface area contributed by atoms with E-state index >= 15 is 0 Å². The van der Waals surface area contributed by atoms with E-state index in [-0.39, 0.29) is 31.8 Å². The lowest BCUT2D eigenvalue weighted by Gasteiger charge is -2.10. The minimum Gasteiger partial charge on any atom is -0.462 e. The standard InChI is InChI=1S/C23H25ClN2O6/c1-3-31-23(30)16-10-12-17(13-11-16)25-20(27)8-5-9-22(29)32-14-21(28)26-19-7-4-6-18(24)15(19)2/h4,6-7,10-13H,3,5,8-9,14H2,1-2H3,(H,25,27)(H,26,28). The molecule has 2 amide bonds. The number of amides is 2. The average Bonchev–Trinajstić information content (AvgIpc) is 2.76. The average molecular weight is 461 g/mol. The van der Waals surface area contributed by atoms with E-state index in [0.717, 1.165) is 5.56 Å². The maximum Gasteiger partial charge on any atom is 0.338 e. The van der Waals surface area contributed by atoms with Gasteiger partial charge in [-0.05, 0) is 62.2 Å². The highest BCUT2D eigenvalue weighted by Gasteiger charge is 2.12. The van der Waals surface area contributed by atoms with Gasteiger partial charge in [0, 0.05) is 29.2 Å². The molecule has 0 radical (unpaired) electrons. The van der Waals surface area contributed by atoms with Crippen molar-refractivity contribution in [2.75, 3.05) is 23.8 Å². The monoisotopic (exact) mass is 460 g/mol. The molecule has 0 aliphatic rings. The molecule has 0 atom stereocenters. The number of hydrogen-bond donors (Lipinski definition) is 2. The maximum atomic E-state index is 12.0. The summed E-state index contributed by atoms with van der Waals surface area (Å²) in [6.45, 7) is 3.35. The predicted molar refractivity (Wildman–Crippen MR) is 121 cm³/mol. The fraction of sp³-hybridized carbons (Fsp3) is 0.304. The Kier molecular flexibility index (Phi) is 9.69. The van der Waals surface area contributed by atoms with Crippen LogP contribution in [0, 0.1) is 6.92 Å². The molecule has 0 unspecified atom stereocenters. The van der Waals surface area contributed by atoms with Crippen LogP contribution in [0.2, 0.25) is 5.02 Å². The Morgan fingerprint density at radius 1 is 0.906 bits per heavy atom. The molecule has 170 valence electrons. The van der Waals surface area contributed by atoms with Crippen molar-refractivity contribution in [1.29, 1.82) is 0 Å². The number of rotatable bonds is 10. The molecule has 0 saturated heterocycles. The molecule has 0 spiro atoms. The van der Waals surface area contributed by atoms with Crippen LogP contribution in [0.4, 0.5) is 11.4 Å². The predicted octanol–water partition coefficient (Wildman–Crippen LogP) is 4.12. The number of carbonyl (C=O) groups excluding carboxylic acids is 4. The Morgan fingerprint density at radius 2 is 1.62 bits per heavy atom. The Balaban J connectivity index is 1.66. The third kappa shape index (κ3) is 8.03. The van der Waals surface area contributed by atoms with Crippen molar-refractivity contribution in [2.24, 2.45) is 0 Å². The lowest BCUT2D eigenvalue weighted by atomic mass is 10.2. The van der Waals surface area contributed by atoms with Crippen LogP contribution in [0.3, 0.4) is 0 Å². The minimum atomic E-state index is -0.574. The summed E-state index contributed by atoms with van der Waals surface area (Å²) in [5.41, 5.74) is 2.18. The quantitative estimate of drug-likeness (QED) is 0.516. The van der Waals surface area contributed by atoms with Gasteiger partial charge < -0.3 is 20.1 Å². The molecule has 0 bridgehead atoms. The Hall–Kier alpha value is -3.39. The molecule has 2 rings (SSSR count). The van der Waals surface area contributed by atoms with Crippen molar-refractivity contribution in [3.05, 3.63) is 58.6 Å². The topological polar surface area (TPSA) is 111 Å². The zero-order chi connectivity index (χ0) is 23.5. The van der Waals surface area contributed by atoms with E-state index < -0.39 is 24.5 Å². The fourth-order valence-electron chi connectivity index (χ4n) is 2.67. The smallest absolute Gasteiger partial charge is 0.338 e. The van der Waals surface area contributed by atoms with Crippen LogP contribution in [-0.4, -0.2) is 37.0 Å². The van der Waals surface area contributed by atoms with Crippen molar-refractivity contribution >= 4 is 46.7 Å². The van der Waals surface area contributed by atoms with E-state index in [4.69, 9.17) is 21.1 Å². The first-order valence-electron chi connectivity index (χ1n) is 10.1. The third-order valence-corrected chi connectivity index (χ3v) is 4.78. The molecule has 0 aliphatic heterocycles. The summed E-state index contributed by atoms with van der Waals surface area (Å²) in [6, 6.07) is 11.4. The molecule has 0 fully saturated rings. The van der Waals surface area contributed by atoms with E-state index in [9.17, 15) is 19.2 Å². The summed E-state index contributed by atoms with van der Waals surface area (Å²) in [5.74, 6) is -1.77. The summed E-state index contributed by atoms with van der Waals surface area (Å²) in [7, 11) is 0. The molecular formula is C23H25ClN2O6. The van der Waals surface area contributed by atoms with Gasteiger partial charge >= 0.3 is 11.9 Å². The number of hydrogen-bond acceptors (Lipinski definition) is 6. The number of ether oxygens (including phenoxy) is 2. The second-order valence-corrected chi connectivity index (χ2v) is 7.23. The van der Waals surface area contributed by atoms with Crippen LogP contribution in [0.1, 0.15) is 42.1 Å². The number of halogens is 1. The zero-order valence-corrected chi connectivity index (χ0v) is 18.7. The maximum absolute atomic E-state index is 12.0. The van der Waals surface area contributed by atoms with E-state index in [0.29, 0.717) is 22.0 Å². The van der Waals surface area contributed by atoms with Gasteiger partial charge in [-0.2, -0.15) is 0 Å². The number of benzene rings is 2. The number of carbonyl (C=O) groups is 4. The second-order valence-electron chi connectivity index (χ2n) is 6.82. The first-order chi connectivity index (χ1) is 15.3. The summed E-state index contributed by atoms with van der Waals surface area (Å²) in [6.07, 6.45) is 0.363. The Bertz CT molecular complexity index is 975. The summed E-state index contributed by atoms with van der Waals surface area (Å²) in [4.78, 5) is 47.4. The minimum absolute atomic E-state index is 0.00130. The van der Waals surface area contributed by atoms with E-state index in [2.05, 4.69) is 10.6 Å². The largest absolute Gasteiger partial charge is 0.462 e. The van der Waals surface area contributed by atoms with Crippen molar-refractivity contribution in [2.45, 2.75) is 33.1 Å². The number of esters is 2. The molecule has 2 aromatic rings. The van der Waals surface area contributed by atoms with E-state index in [1.807, 2.05) is 0 Å². The van der Waals surface area contributed by atoms with Gasteiger partial charge in [0.2, 0.25) is 5.91 Å². The molecule has 2 N–H and O–H groups in total. The lowest BCUT2D eigenvalue weighted by Crippen LogP contribution is -2.21. The van der Waals surface area contributed by atoms with Gasteiger partial charge in [-0.25, -0.2) is 4.79 Å². The molecule has 9 heteroatoms. The Morgan fingerprint density at radius 3 is 2.31 bits per heavy atom. The number of nitrogens with one attached hydrogen (secondary N) is 2. The normalized spacial score (nSPS) is 10.2. The molecule has 32 heavy (non-hydrogen) atoms. The molecular weight excluding hydrogens is 436 g/mol. The molecule has 0 heterocycles. The van der Waals surface area contributed by atoms with Gasteiger partial charge in [-0.3, -0.25) is 14.4 Å². The second kappa shape index (κ2) is 12.5. The van der Waals surface area contributed by atoms with Crippen LogP contribution in [-0.2, 0) is 23.9 Å². The SMILES string of the molecule is CCOC(=O)c1ccc(NC(=O)CCCC(=O)OCC(=O)Nc2cccc(Cl)c2C)cc1. The van der Waals surface area contributed by atoms with Gasteiger partial charge in [0.15, 0.2) is 6.61 Å². The van der Waals surface area contributed by atoms with Gasteiger partial charge in [-0.15, -0.1) is 0 Å². The zero-order valence-electron chi connectivity index (χ0n) is 17.9. The van der Waals surface area contributed by atoms with Gasteiger partial charge in [-0.1, -0.05) is 17.7 Å². The fourth-order valence-corrected chi connectivity index (χ4v) is 2.84. The van der Waals surface area contributed by atoms with Crippen LogP contribution in [0.25, 0.3) is 0 Å². The van der Waals surface area contributed by atoms with Gasteiger partial charge in [0.1, 0.15) is 0 Å². The third-order valence-electron chi connectivity index (χ3n) is 4.37. The first kappa shape index (κ1) is 24.9. The van der Waals surface area contributed by atoms with Gasteiger partial charge in [0.25, 0.3) is 5.91 Å². The van der Waals surface area contributed by atoms with E-state index in [1.165, 1.54) is 0 Å². The number of anilines is 2. The molecule has 0 aromatic heterocycles. The molecule has 0 saturated carbocycles. The van der Waals surface area contributed by atoms with Crippen LogP contribution in [0.15, 0.2) is 42.5 Å². The Labute approximate surface area is 191 Å². The van der Waals surface area contributed by atoms with Crippen molar-refractivity contribution < 1.29 is 28.7 Å². The highest BCUT2D eigenvalue weighted by Crippen LogP contribution is 2.22. The van der Waals surface area contributed by atoms with Gasteiger partial charge in [0.05, 0.1) is 12.2 Å². The van der Waals surface area contributed by atoms with Crippen molar-refractivity contribution in [3.8, 4) is 0 Å². The van der Waals surface area contributed by atoms with Crippen molar-refractivity contribution in [3.63, 3.8) is 0 Å². The van der Waals surface area contributed by atoms with Crippen molar-refractivity contribution in [1.82, 2.24) is 0 Å². The highest BCUT2D eigenvalue weighted by molar-refractivity contribution is 6.31. The molecule has 8 nitrogen and oxygen atoms in total. The van der Waals surface area contributed by atoms with Crippen LogP contribution in [0.5, 0.6) is 0 Å². The molecule has 0 aliphatic carbocycles. The summed E-state index contributed by atoms with van der Waals surface area (Å²) >= 11 is 6.00. The highest BCUT2D eigenvalue weighted by atomic mass is 35.5.